The Morgan fingerprint density at radius 2 is 1.53 bits per heavy atom. The molecule has 0 aromatic carbocycles. The monoisotopic (exact) mass is 290 g/mol. The van der Waals surface area contributed by atoms with Crippen molar-refractivity contribution in [3.63, 3.8) is 0 Å². The maximum Gasteiger partial charge on any atom is 0.376 e. The average molecular weight is 290 g/mol. The molecule has 1 atom stereocenters. The van der Waals surface area contributed by atoms with E-state index in [2.05, 4.69) is 6.92 Å². The minimum atomic E-state index is -2.53. The highest BCUT2D eigenvalue weighted by molar-refractivity contribution is 7.46. The van der Waals surface area contributed by atoms with E-state index in [1.165, 1.54) is 51.4 Å². The Morgan fingerprint density at radius 1 is 1.05 bits per heavy atom. The van der Waals surface area contributed by atoms with Crippen LogP contribution in [0.4, 0.5) is 0 Å². The summed E-state index contributed by atoms with van der Waals surface area (Å²) >= 11 is 0. The van der Waals surface area contributed by atoms with E-state index < -0.39 is 14.0 Å². The quantitative estimate of drug-likeness (QED) is 0.341. The molecular formula is C14H27O4P. The van der Waals surface area contributed by atoms with Crippen LogP contribution in [0.15, 0.2) is 0 Å². The lowest BCUT2D eigenvalue weighted by Gasteiger charge is -2.02. The van der Waals surface area contributed by atoms with E-state index in [-0.39, 0.29) is 0 Å². The molecule has 0 aliphatic rings. The van der Waals surface area contributed by atoms with Crippen molar-refractivity contribution in [3.8, 4) is 0 Å². The van der Waals surface area contributed by atoms with Gasteiger partial charge in [0.15, 0.2) is 0 Å². The zero-order chi connectivity index (χ0) is 14.3. The Kier molecular flexibility index (Phi) is 13.7. The molecule has 0 fully saturated rings. The lowest BCUT2D eigenvalue weighted by Crippen LogP contribution is -2.08. The predicted octanol–water partition coefficient (Wildman–Crippen LogP) is 2.92. The van der Waals surface area contributed by atoms with Crippen LogP contribution in [-0.2, 0) is 9.53 Å². The third-order valence-corrected chi connectivity index (χ3v) is 3.39. The molecule has 1 N–H and O–H groups in total. The number of carbonyl (C=O) groups excluding carboxylic acids is 1. The second-order valence-electron chi connectivity index (χ2n) is 4.78. The Morgan fingerprint density at radius 3 is 2.00 bits per heavy atom. The molecule has 0 heterocycles. The number of esters is 1. The predicted molar refractivity (Wildman–Crippen MR) is 78.0 cm³/mol. The van der Waals surface area contributed by atoms with Gasteiger partial charge in [-0.15, -0.1) is 0 Å². The second kappa shape index (κ2) is 14.0. The third-order valence-electron chi connectivity index (χ3n) is 2.96. The van der Waals surface area contributed by atoms with Gasteiger partial charge in [0.1, 0.15) is 0 Å². The Hall–Kier alpha value is -0.440. The number of unbranched alkanes of at least 4 members (excludes halogenated alkanes) is 9. The first-order valence-electron chi connectivity index (χ1n) is 7.33. The fraction of sp³-hybridized carbons (Fsp3) is 0.857. The van der Waals surface area contributed by atoms with Gasteiger partial charge in [-0.1, -0.05) is 64.7 Å². The van der Waals surface area contributed by atoms with E-state index in [9.17, 15) is 9.69 Å². The summed E-state index contributed by atoms with van der Waals surface area (Å²) in [6, 6.07) is 0. The molecule has 0 radical (unpaired) electrons. The number of carbonyl (C=O) groups is 1. The average Bonchev–Trinajstić information content (AvgIpc) is 2.35. The van der Waals surface area contributed by atoms with Crippen LogP contribution in [0.2, 0.25) is 0 Å². The van der Waals surface area contributed by atoms with Crippen molar-refractivity contribution in [3.05, 3.63) is 0 Å². The highest BCUT2D eigenvalue weighted by atomic mass is 31.1. The summed E-state index contributed by atoms with van der Waals surface area (Å²) < 4.78 is 4.79. The van der Waals surface area contributed by atoms with Crippen LogP contribution in [0, 0.1) is 0 Å². The van der Waals surface area contributed by atoms with Crippen molar-refractivity contribution in [1.82, 2.24) is 0 Å². The molecule has 0 aliphatic heterocycles. The van der Waals surface area contributed by atoms with Gasteiger partial charge in [0.25, 0.3) is 0 Å². The summed E-state index contributed by atoms with van der Waals surface area (Å²) in [5.74, 6) is 0.00516. The van der Waals surface area contributed by atoms with Crippen LogP contribution < -0.4 is 4.89 Å². The molecule has 0 rings (SSSR count). The maximum absolute atomic E-state index is 10.9. The molecule has 19 heavy (non-hydrogen) atoms. The van der Waals surface area contributed by atoms with Crippen molar-refractivity contribution >= 4 is 19.8 Å². The number of ether oxygens (including phenoxy) is 1. The second-order valence-corrected chi connectivity index (χ2v) is 5.64. The fourth-order valence-electron chi connectivity index (χ4n) is 1.89. The van der Waals surface area contributed by atoms with Crippen LogP contribution in [0.1, 0.15) is 71.1 Å². The molecule has 0 bridgehead atoms. The van der Waals surface area contributed by atoms with Crippen molar-refractivity contribution in [2.24, 2.45) is 0 Å². The van der Waals surface area contributed by atoms with Gasteiger partial charge < -0.3 is 9.63 Å². The molecule has 0 aromatic rings. The van der Waals surface area contributed by atoms with Gasteiger partial charge in [0.2, 0.25) is 13.8 Å². The Bertz CT molecular complexity index is 250. The lowest BCUT2D eigenvalue weighted by atomic mass is 10.1. The molecule has 0 aliphatic carbocycles. The highest BCUT2D eigenvalue weighted by Crippen LogP contribution is 2.10. The molecule has 0 saturated heterocycles. The summed E-state index contributed by atoms with van der Waals surface area (Å²) in [5, 5.41) is 0. The smallest absolute Gasteiger partial charge is 0.376 e. The van der Waals surface area contributed by atoms with Crippen LogP contribution in [0.5, 0.6) is 0 Å². The van der Waals surface area contributed by atoms with Gasteiger partial charge in [-0.3, -0.25) is 0 Å². The zero-order valence-electron chi connectivity index (χ0n) is 12.0. The SMILES string of the molecule is CCCCCCCCCCCCOC(=O)C=[P+]([O-])O. The number of hydrogen-bond acceptors (Lipinski definition) is 4. The summed E-state index contributed by atoms with van der Waals surface area (Å²) in [6.07, 6.45) is 12.3. The lowest BCUT2D eigenvalue weighted by molar-refractivity contribution is -0.167. The highest BCUT2D eigenvalue weighted by Gasteiger charge is 2.02. The van der Waals surface area contributed by atoms with Crippen molar-refractivity contribution in [1.29, 1.82) is 0 Å². The Balaban J connectivity index is 3.15. The van der Waals surface area contributed by atoms with Gasteiger partial charge in [0, 0.05) is 0 Å². The molecule has 0 aromatic heterocycles. The standard InChI is InChI=1S/C14H27O4P/c1-2-3-4-5-6-7-8-9-10-11-12-18-14(15)13-19(16)17/h13H,2-12H2,1H3,(H,16,17). The largest absolute Gasteiger partial charge is 0.603 e. The van der Waals surface area contributed by atoms with Crippen molar-refractivity contribution < 1.29 is 19.3 Å². The van der Waals surface area contributed by atoms with Crippen molar-refractivity contribution in [2.75, 3.05) is 6.61 Å². The van der Waals surface area contributed by atoms with Crippen molar-refractivity contribution in [2.45, 2.75) is 71.1 Å². The fourth-order valence-corrected chi connectivity index (χ4v) is 2.14. The first-order chi connectivity index (χ1) is 9.16. The van der Waals surface area contributed by atoms with Crippen LogP contribution in [0.25, 0.3) is 0 Å². The van der Waals surface area contributed by atoms with Gasteiger partial charge in [-0.2, -0.15) is 4.89 Å². The molecule has 0 amide bonds. The van der Waals surface area contributed by atoms with E-state index in [1.807, 2.05) is 0 Å². The normalized spacial score (nSPS) is 11.6. The van der Waals surface area contributed by atoms with E-state index in [0.29, 0.717) is 12.4 Å². The summed E-state index contributed by atoms with van der Waals surface area (Å²) in [7, 11) is -2.53. The van der Waals surface area contributed by atoms with Gasteiger partial charge >= 0.3 is 5.97 Å². The topological polar surface area (TPSA) is 69.6 Å². The van der Waals surface area contributed by atoms with Crippen LogP contribution >= 0.6 is 8.00 Å². The maximum atomic E-state index is 10.9. The third kappa shape index (κ3) is 15.5. The zero-order valence-corrected chi connectivity index (χ0v) is 12.9. The molecule has 112 valence electrons. The molecule has 0 spiro atoms. The van der Waals surface area contributed by atoms with E-state index >= 15 is 0 Å². The summed E-state index contributed by atoms with van der Waals surface area (Å²) in [6.45, 7) is 2.57. The van der Waals surface area contributed by atoms with Crippen LogP contribution in [0.3, 0.4) is 0 Å². The molecule has 4 nitrogen and oxygen atoms in total. The first kappa shape index (κ1) is 18.6. The van der Waals surface area contributed by atoms with Crippen LogP contribution in [-0.4, -0.2) is 23.3 Å². The van der Waals surface area contributed by atoms with E-state index in [0.717, 1.165) is 12.8 Å². The number of hydrogen-bond donors (Lipinski definition) is 1. The first-order valence-corrected chi connectivity index (χ1v) is 8.62. The Labute approximate surface area is 117 Å². The van der Waals surface area contributed by atoms with Gasteiger partial charge in [-0.25, -0.2) is 4.79 Å². The molecule has 1 unspecified atom stereocenters. The molecule has 5 heteroatoms. The van der Waals surface area contributed by atoms with Gasteiger partial charge in [-0.05, 0) is 6.42 Å². The summed E-state index contributed by atoms with van der Waals surface area (Å²) in [4.78, 5) is 29.6. The minimum absolute atomic E-state index is 0.342. The van der Waals surface area contributed by atoms with Gasteiger partial charge in [0.05, 0.1) is 6.61 Å². The van der Waals surface area contributed by atoms with E-state index in [4.69, 9.17) is 9.63 Å². The molecule has 0 saturated carbocycles. The van der Waals surface area contributed by atoms with E-state index in [1.54, 1.807) is 0 Å². The number of rotatable bonds is 12. The summed E-state index contributed by atoms with van der Waals surface area (Å²) in [5.41, 5.74) is 0. The minimum Gasteiger partial charge on any atom is -0.603 e. The molecular weight excluding hydrogens is 263 g/mol.